The van der Waals surface area contributed by atoms with E-state index in [0.29, 0.717) is 13.0 Å². The van der Waals surface area contributed by atoms with Crippen LogP contribution in [0.25, 0.3) is 0 Å². The third kappa shape index (κ3) is 4.34. The van der Waals surface area contributed by atoms with Crippen molar-refractivity contribution in [3.05, 3.63) is 0 Å². The molecule has 17 heavy (non-hydrogen) atoms. The van der Waals surface area contributed by atoms with Crippen LogP contribution in [0.3, 0.4) is 0 Å². The summed E-state index contributed by atoms with van der Waals surface area (Å²) >= 11 is 0. The van der Waals surface area contributed by atoms with E-state index in [-0.39, 0.29) is 29.8 Å². The van der Waals surface area contributed by atoms with E-state index in [2.05, 4.69) is 10.6 Å². The first-order chi connectivity index (χ1) is 7.97. The number of nitrogens with two attached hydrogens (primary N) is 1. The molecule has 1 fully saturated rings. The predicted octanol–water partition coefficient (Wildman–Crippen LogP) is 0.146. The van der Waals surface area contributed by atoms with Crippen LogP contribution in [0.5, 0.6) is 0 Å². The second kappa shape index (κ2) is 6.00. The van der Waals surface area contributed by atoms with Crippen molar-refractivity contribution < 1.29 is 9.59 Å². The first-order valence-corrected chi connectivity index (χ1v) is 6.23. The zero-order valence-corrected chi connectivity index (χ0v) is 10.7. The van der Waals surface area contributed by atoms with E-state index >= 15 is 0 Å². The van der Waals surface area contributed by atoms with E-state index in [9.17, 15) is 9.59 Å². The molecule has 0 saturated heterocycles. The Morgan fingerprint density at radius 1 is 1.29 bits per heavy atom. The van der Waals surface area contributed by atoms with Crippen molar-refractivity contribution in [2.75, 3.05) is 13.1 Å². The van der Waals surface area contributed by atoms with Crippen molar-refractivity contribution in [2.24, 2.45) is 11.1 Å². The van der Waals surface area contributed by atoms with Gasteiger partial charge in [-0.05, 0) is 38.6 Å². The standard InChI is InChI=1S/C12H23N3O2/c1-9(2)15-11(17)7-14-10(16)6-12(8-13)4-3-5-12/h9H,3-8,13H2,1-2H3,(H,14,16)(H,15,17). The summed E-state index contributed by atoms with van der Waals surface area (Å²) in [5, 5.41) is 5.36. The van der Waals surface area contributed by atoms with Gasteiger partial charge in [0.05, 0.1) is 6.54 Å². The summed E-state index contributed by atoms with van der Waals surface area (Å²) < 4.78 is 0. The molecule has 0 aromatic carbocycles. The number of amides is 2. The molecule has 1 rings (SSSR count). The molecule has 4 N–H and O–H groups in total. The Hall–Kier alpha value is -1.10. The van der Waals surface area contributed by atoms with Crippen LogP contribution >= 0.6 is 0 Å². The van der Waals surface area contributed by atoms with Crippen molar-refractivity contribution in [2.45, 2.75) is 45.6 Å². The number of nitrogens with one attached hydrogen (secondary N) is 2. The first kappa shape index (κ1) is 14.0. The zero-order valence-electron chi connectivity index (χ0n) is 10.7. The molecule has 1 aliphatic carbocycles. The second-order valence-corrected chi connectivity index (χ2v) is 5.23. The molecule has 1 saturated carbocycles. The van der Waals surface area contributed by atoms with Crippen LogP contribution in [0.4, 0.5) is 0 Å². The fourth-order valence-corrected chi connectivity index (χ4v) is 2.08. The van der Waals surface area contributed by atoms with Crippen LogP contribution in [0.15, 0.2) is 0 Å². The lowest BCUT2D eigenvalue weighted by molar-refractivity contribution is -0.128. The predicted molar refractivity (Wildman–Crippen MR) is 66.2 cm³/mol. The van der Waals surface area contributed by atoms with Gasteiger partial charge in [-0.2, -0.15) is 0 Å². The summed E-state index contributed by atoms with van der Waals surface area (Å²) in [6.07, 6.45) is 3.64. The molecule has 0 atom stereocenters. The van der Waals surface area contributed by atoms with Gasteiger partial charge in [0, 0.05) is 12.5 Å². The minimum Gasteiger partial charge on any atom is -0.352 e. The second-order valence-electron chi connectivity index (χ2n) is 5.23. The topological polar surface area (TPSA) is 84.2 Å². The maximum atomic E-state index is 11.7. The van der Waals surface area contributed by atoms with Gasteiger partial charge in [-0.25, -0.2) is 0 Å². The Morgan fingerprint density at radius 3 is 2.35 bits per heavy atom. The fourth-order valence-electron chi connectivity index (χ4n) is 2.08. The van der Waals surface area contributed by atoms with Gasteiger partial charge >= 0.3 is 0 Å². The summed E-state index contributed by atoms with van der Waals surface area (Å²) in [6.45, 7) is 4.38. The molecule has 5 heteroatoms. The van der Waals surface area contributed by atoms with Gasteiger partial charge in [0.15, 0.2) is 0 Å². The normalized spacial score (nSPS) is 17.4. The number of carbonyl (C=O) groups is 2. The minimum absolute atomic E-state index is 0.00138. The quantitative estimate of drug-likeness (QED) is 0.618. The Kier molecular flexibility index (Phi) is 4.93. The van der Waals surface area contributed by atoms with Gasteiger partial charge in [-0.1, -0.05) is 6.42 Å². The molecule has 0 unspecified atom stereocenters. The van der Waals surface area contributed by atoms with Crippen molar-refractivity contribution in [1.82, 2.24) is 10.6 Å². The van der Waals surface area contributed by atoms with Crippen LogP contribution in [0, 0.1) is 5.41 Å². The van der Waals surface area contributed by atoms with Gasteiger partial charge in [-0.3, -0.25) is 9.59 Å². The highest BCUT2D eigenvalue weighted by molar-refractivity contribution is 5.85. The van der Waals surface area contributed by atoms with Crippen molar-refractivity contribution in [3.63, 3.8) is 0 Å². The van der Waals surface area contributed by atoms with E-state index in [4.69, 9.17) is 5.73 Å². The Bertz CT molecular complexity index is 280. The third-order valence-corrected chi connectivity index (χ3v) is 3.28. The van der Waals surface area contributed by atoms with Crippen molar-refractivity contribution in [3.8, 4) is 0 Å². The molecule has 0 aromatic heterocycles. The van der Waals surface area contributed by atoms with Gasteiger partial charge < -0.3 is 16.4 Å². The molecule has 0 aromatic rings. The number of hydrogen-bond donors (Lipinski definition) is 3. The molecule has 5 nitrogen and oxygen atoms in total. The molecule has 98 valence electrons. The van der Waals surface area contributed by atoms with Crippen LogP contribution < -0.4 is 16.4 Å². The van der Waals surface area contributed by atoms with E-state index in [1.807, 2.05) is 13.8 Å². The molecule has 0 radical (unpaired) electrons. The van der Waals surface area contributed by atoms with Gasteiger partial charge in [0.25, 0.3) is 0 Å². The summed E-state index contributed by atoms with van der Waals surface area (Å²) in [6, 6.07) is 0.0985. The molecule has 0 spiro atoms. The Balaban J connectivity index is 2.23. The first-order valence-electron chi connectivity index (χ1n) is 6.23. The zero-order chi connectivity index (χ0) is 12.9. The number of hydrogen-bond acceptors (Lipinski definition) is 3. The summed E-state index contributed by atoms with van der Waals surface area (Å²) in [5.74, 6) is -0.224. The fraction of sp³-hybridized carbons (Fsp3) is 0.833. The third-order valence-electron chi connectivity index (χ3n) is 3.28. The molecule has 1 aliphatic rings. The monoisotopic (exact) mass is 241 g/mol. The smallest absolute Gasteiger partial charge is 0.239 e. The highest BCUT2D eigenvalue weighted by Crippen LogP contribution is 2.42. The maximum Gasteiger partial charge on any atom is 0.239 e. The van der Waals surface area contributed by atoms with E-state index in [1.54, 1.807) is 0 Å². The Morgan fingerprint density at radius 2 is 1.94 bits per heavy atom. The largest absolute Gasteiger partial charge is 0.352 e. The number of rotatable bonds is 6. The molecule has 0 aliphatic heterocycles. The average molecular weight is 241 g/mol. The van der Waals surface area contributed by atoms with E-state index in [1.165, 1.54) is 0 Å². The van der Waals surface area contributed by atoms with Crippen LogP contribution in [0.1, 0.15) is 39.5 Å². The molecule has 0 bridgehead atoms. The van der Waals surface area contributed by atoms with Gasteiger partial charge in [0.2, 0.25) is 11.8 Å². The summed E-state index contributed by atoms with van der Waals surface area (Å²) in [4.78, 5) is 23.0. The number of carbonyl (C=O) groups excluding carboxylic acids is 2. The lowest BCUT2D eigenvalue weighted by Crippen LogP contribution is -2.44. The Labute approximate surface area is 103 Å². The molecule has 0 heterocycles. The van der Waals surface area contributed by atoms with Crippen LogP contribution in [-0.4, -0.2) is 30.9 Å². The van der Waals surface area contributed by atoms with Crippen molar-refractivity contribution in [1.29, 1.82) is 0 Å². The van der Waals surface area contributed by atoms with Gasteiger partial charge in [0.1, 0.15) is 0 Å². The SMILES string of the molecule is CC(C)NC(=O)CNC(=O)CC1(CN)CCC1. The van der Waals surface area contributed by atoms with Gasteiger partial charge in [-0.15, -0.1) is 0 Å². The molecular weight excluding hydrogens is 218 g/mol. The lowest BCUT2D eigenvalue weighted by Gasteiger charge is -2.40. The molecular formula is C12H23N3O2. The highest BCUT2D eigenvalue weighted by Gasteiger charge is 2.37. The minimum atomic E-state index is -0.149. The van der Waals surface area contributed by atoms with E-state index < -0.39 is 0 Å². The highest BCUT2D eigenvalue weighted by atomic mass is 16.2. The molecule has 2 amide bonds. The van der Waals surface area contributed by atoms with E-state index in [0.717, 1.165) is 19.3 Å². The maximum absolute atomic E-state index is 11.7. The lowest BCUT2D eigenvalue weighted by atomic mass is 9.66. The van der Waals surface area contributed by atoms with Crippen LogP contribution in [0.2, 0.25) is 0 Å². The summed E-state index contributed by atoms with van der Waals surface area (Å²) in [7, 11) is 0. The van der Waals surface area contributed by atoms with Crippen LogP contribution in [-0.2, 0) is 9.59 Å². The average Bonchev–Trinajstić information content (AvgIpc) is 2.19. The summed E-state index contributed by atoms with van der Waals surface area (Å²) in [5.41, 5.74) is 5.68. The van der Waals surface area contributed by atoms with Crippen molar-refractivity contribution >= 4 is 11.8 Å².